The Labute approximate surface area is 531 Å². The van der Waals surface area contributed by atoms with Crippen LogP contribution in [-0.2, 0) is 0 Å². The van der Waals surface area contributed by atoms with Crippen LogP contribution in [0.2, 0.25) is 5.02 Å². The predicted molar refractivity (Wildman–Crippen MR) is 381 cm³/mol. The first-order valence-corrected chi connectivity index (χ1v) is 30.7. The lowest BCUT2D eigenvalue weighted by atomic mass is 9.79. The monoisotopic (exact) mass is 1220 g/mol. The first-order valence-electron chi connectivity index (χ1n) is 28.7. The standard InChI is InChI=1S/C38H22N2OS.C28H15ClN2OS.C10H9BO2.2CH4/c1-2-8-24-19-25(16-15-23(24)7-1)26-17-18-33-32(21-26)36-37(41-33)35(39-22-40-36)28-10-5-9-27(20-28)29-12-6-13-31-30-11-3-4-14-34(30)42-38(29)31;29-18-11-12-23-22(14-18)26-27(32-23)25(30-15-31-26)17-6-3-5-16(13-17)19-8-4-9-21-20-7-1-2-10-24(20)33-28(19)21;12-11(13)10-6-5-8-3-1-2-4-9(8)7-10;;/h1-22H;1-15H;1-7,12-13H;2*1H4. The van der Waals surface area contributed by atoms with Crippen molar-refractivity contribution in [1.29, 1.82) is 0 Å². The Hall–Kier alpha value is -10.4. The van der Waals surface area contributed by atoms with Gasteiger partial charge in [0.05, 0.1) is 0 Å². The van der Waals surface area contributed by atoms with E-state index in [-0.39, 0.29) is 14.9 Å². The number of halogens is 1. The van der Waals surface area contributed by atoms with Crippen molar-refractivity contribution in [3.8, 4) is 55.9 Å². The molecule has 0 amide bonds. The van der Waals surface area contributed by atoms with Crippen molar-refractivity contribution in [2.24, 2.45) is 0 Å². The lowest BCUT2D eigenvalue weighted by molar-refractivity contribution is 0.426. The molecule has 6 heterocycles. The second-order valence-corrected chi connectivity index (χ2v) is 24.2. The number of hydrogen-bond donors (Lipinski definition) is 2. The lowest BCUT2D eigenvalue weighted by Crippen LogP contribution is -2.29. The molecule has 0 radical (unpaired) electrons. The maximum Gasteiger partial charge on any atom is 0.488 e. The molecule has 12 heteroatoms. The number of benzene rings is 12. The number of aromatic nitrogens is 4. The number of nitrogens with zero attached hydrogens (tertiary/aromatic N) is 4. The van der Waals surface area contributed by atoms with Gasteiger partial charge in [0, 0.05) is 67.3 Å². The molecule has 0 atom stereocenters. The van der Waals surface area contributed by atoms with Crippen LogP contribution in [0.3, 0.4) is 0 Å². The van der Waals surface area contributed by atoms with Crippen LogP contribution >= 0.6 is 34.3 Å². The average molecular weight is 1220 g/mol. The quantitative estimate of drug-likeness (QED) is 0.158. The molecule has 18 aromatic rings. The van der Waals surface area contributed by atoms with Gasteiger partial charge in [-0.1, -0.05) is 221 Å². The molecule has 2 N–H and O–H groups in total. The van der Waals surface area contributed by atoms with Gasteiger partial charge in [0.2, 0.25) is 0 Å². The van der Waals surface area contributed by atoms with E-state index < -0.39 is 7.12 Å². The van der Waals surface area contributed by atoms with Crippen molar-refractivity contribution in [1.82, 2.24) is 19.9 Å². The molecule has 0 aliphatic carbocycles. The van der Waals surface area contributed by atoms with Crippen LogP contribution in [0, 0.1) is 0 Å². The van der Waals surface area contributed by atoms with Gasteiger partial charge in [-0.05, 0) is 121 Å². The van der Waals surface area contributed by atoms with Crippen LogP contribution in [-0.4, -0.2) is 37.1 Å². The molecule has 6 aromatic heterocycles. The van der Waals surface area contributed by atoms with Crippen molar-refractivity contribution in [3.05, 3.63) is 272 Å². The van der Waals surface area contributed by atoms with Gasteiger partial charge < -0.3 is 18.9 Å². The van der Waals surface area contributed by atoms with Crippen LogP contribution < -0.4 is 5.46 Å². The Bertz CT molecular complexity index is 5760. The Morgan fingerprint density at radius 3 is 1.36 bits per heavy atom. The first-order chi connectivity index (χ1) is 43.3. The van der Waals surface area contributed by atoms with E-state index in [1.165, 1.54) is 67.8 Å². The zero-order chi connectivity index (χ0) is 58.8. The molecule has 0 aliphatic rings. The van der Waals surface area contributed by atoms with E-state index in [2.05, 4.69) is 203 Å². The van der Waals surface area contributed by atoms with E-state index in [4.69, 9.17) is 35.5 Å². The molecule has 90 heavy (non-hydrogen) atoms. The highest BCUT2D eigenvalue weighted by atomic mass is 35.5. The summed E-state index contributed by atoms with van der Waals surface area (Å²) in [6.07, 6.45) is 3.24. The van der Waals surface area contributed by atoms with Crippen LogP contribution in [0.15, 0.2) is 276 Å². The zero-order valence-electron chi connectivity index (χ0n) is 46.7. The molecular formula is C78H54BClN4O4S2. The number of rotatable bonds is 6. The van der Waals surface area contributed by atoms with Crippen molar-refractivity contribution in [3.63, 3.8) is 0 Å². The summed E-state index contributed by atoms with van der Waals surface area (Å²) in [5.41, 5.74) is 15.7. The van der Waals surface area contributed by atoms with Gasteiger partial charge in [-0.3, -0.25) is 0 Å². The van der Waals surface area contributed by atoms with Gasteiger partial charge in [-0.2, -0.15) is 0 Å². The maximum absolute atomic E-state index is 8.94. The summed E-state index contributed by atoms with van der Waals surface area (Å²) in [4.78, 5) is 18.5. The van der Waals surface area contributed by atoms with E-state index in [0.717, 1.165) is 82.9 Å². The van der Waals surface area contributed by atoms with Crippen LogP contribution in [0.5, 0.6) is 0 Å². The van der Waals surface area contributed by atoms with Crippen LogP contribution in [0.1, 0.15) is 14.9 Å². The highest BCUT2D eigenvalue weighted by Gasteiger charge is 2.20. The van der Waals surface area contributed by atoms with E-state index >= 15 is 0 Å². The minimum absolute atomic E-state index is 0. The molecule has 432 valence electrons. The second-order valence-electron chi connectivity index (χ2n) is 21.6. The Kier molecular flexibility index (Phi) is 15.3. The molecule has 0 fully saturated rings. The summed E-state index contributed by atoms with van der Waals surface area (Å²) >= 11 is 9.90. The number of hydrogen-bond acceptors (Lipinski definition) is 10. The SMILES string of the molecule is C.C.Clc1ccc2oc3c(-c4cccc(-c5cccc6c5sc5ccccc56)c4)ncnc3c2c1.OB(O)c1ccc2ccccc2c1.c1cc(-c2ncnc3c2oc2ccc(-c4ccc5ccccc5c4)cc23)cc(-c2cccc3c2sc2ccccc23)c1. The molecule has 0 spiro atoms. The van der Waals surface area contributed by atoms with E-state index in [1.807, 2.05) is 77.3 Å². The van der Waals surface area contributed by atoms with Gasteiger partial charge in [0.1, 0.15) is 46.2 Å². The highest BCUT2D eigenvalue weighted by Crippen LogP contribution is 2.44. The van der Waals surface area contributed by atoms with Gasteiger partial charge in [-0.25, -0.2) is 19.9 Å². The topological polar surface area (TPSA) is 118 Å². The number of fused-ring (bicyclic) bond motifs is 14. The number of thiophene rings is 2. The molecule has 12 aromatic carbocycles. The molecular weight excluding hydrogens is 1170 g/mol. The summed E-state index contributed by atoms with van der Waals surface area (Å²) in [5.74, 6) is 0. The van der Waals surface area contributed by atoms with Gasteiger partial charge in [0.15, 0.2) is 11.2 Å². The largest absolute Gasteiger partial charge is 0.488 e. The molecule has 0 saturated heterocycles. The molecule has 0 bridgehead atoms. The smallest absolute Gasteiger partial charge is 0.452 e. The van der Waals surface area contributed by atoms with Gasteiger partial charge in [-0.15, -0.1) is 22.7 Å². The highest BCUT2D eigenvalue weighted by molar-refractivity contribution is 7.26. The van der Waals surface area contributed by atoms with E-state index in [9.17, 15) is 0 Å². The Morgan fingerprint density at radius 1 is 0.344 bits per heavy atom. The predicted octanol–water partition coefficient (Wildman–Crippen LogP) is 21.4. The fourth-order valence-electron chi connectivity index (χ4n) is 12.1. The Balaban J connectivity index is 0.000000131. The van der Waals surface area contributed by atoms with E-state index in [0.29, 0.717) is 21.7 Å². The fourth-order valence-corrected chi connectivity index (χ4v) is 14.7. The van der Waals surface area contributed by atoms with Crippen molar-refractivity contribution < 1.29 is 18.9 Å². The van der Waals surface area contributed by atoms with Crippen molar-refractivity contribution >= 4 is 153 Å². The summed E-state index contributed by atoms with van der Waals surface area (Å²) < 4.78 is 17.8. The zero-order valence-corrected chi connectivity index (χ0v) is 49.1. The molecule has 18 rings (SSSR count). The molecule has 0 saturated carbocycles. The Morgan fingerprint density at radius 2 is 0.789 bits per heavy atom. The minimum atomic E-state index is -1.38. The summed E-state index contributed by atoms with van der Waals surface area (Å²) in [6, 6.07) is 87.5. The molecule has 0 unspecified atom stereocenters. The normalized spacial score (nSPS) is 11.3. The lowest BCUT2D eigenvalue weighted by Gasteiger charge is -2.07. The third-order valence-corrected chi connectivity index (χ3v) is 19.0. The van der Waals surface area contributed by atoms with Crippen LogP contribution in [0.25, 0.3) is 162 Å². The third kappa shape index (κ3) is 10.4. The summed E-state index contributed by atoms with van der Waals surface area (Å²) in [5, 5.41) is 30.2. The van der Waals surface area contributed by atoms with Gasteiger partial charge >= 0.3 is 7.12 Å². The van der Waals surface area contributed by atoms with Crippen molar-refractivity contribution in [2.45, 2.75) is 14.9 Å². The first kappa shape index (κ1) is 57.4. The second kappa shape index (κ2) is 24.0. The van der Waals surface area contributed by atoms with Crippen molar-refractivity contribution in [2.75, 3.05) is 0 Å². The number of furan rings is 2. The van der Waals surface area contributed by atoms with E-state index in [1.54, 1.807) is 24.8 Å². The van der Waals surface area contributed by atoms with Crippen LogP contribution in [0.4, 0.5) is 0 Å². The molecule has 0 aliphatic heterocycles. The summed E-state index contributed by atoms with van der Waals surface area (Å²) in [6.45, 7) is 0. The third-order valence-electron chi connectivity index (χ3n) is 16.3. The average Bonchev–Trinajstić information content (AvgIpc) is 1.91. The maximum atomic E-state index is 8.94. The summed E-state index contributed by atoms with van der Waals surface area (Å²) in [7, 11) is -1.38. The fraction of sp³-hybridized carbons (Fsp3) is 0.0256. The minimum Gasteiger partial charge on any atom is -0.452 e. The van der Waals surface area contributed by atoms with Gasteiger partial charge in [0.25, 0.3) is 0 Å². The molecule has 8 nitrogen and oxygen atoms in total.